The number of rotatable bonds is 6. The maximum atomic E-state index is 13.8. The van der Waals surface area contributed by atoms with Crippen LogP contribution in [0.4, 0.5) is 4.39 Å². The fourth-order valence-electron chi connectivity index (χ4n) is 2.40. The molecule has 25 heavy (non-hydrogen) atoms. The van der Waals surface area contributed by atoms with Gasteiger partial charge in [-0.15, -0.1) is 0 Å². The average molecular weight is 340 g/mol. The number of nitriles is 1. The first-order chi connectivity index (χ1) is 12.2. The predicted octanol–water partition coefficient (Wildman–Crippen LogP) is 2.61. The second-order valence-corrected chi connectivity index (χ2v) is 5.33. The highest BCUT2D eigenvalue weighted by atomic mass is 19.1. The molecule has 0 saturated heterocycles. The topological polar surface area (TPSA) is 69.4 Å². The van der Waals surface area contributed by atoms with Gasteiger partial charge in [-0.1, -0.05) is 18.2 Å². The van der Waals surface area contributed by atoms with Gasteiger partial charge in [0.15, 0.2) is 5.96 Å². The van der Waals surface area contributed by atoms with E-state index in [1.807, 2.05) is 30.3 Å². The summed E-state index contributed by atoms with van der Waals surface area (Å²) in [5.41, 5.74) is 1.95. The monoisotopic (exact) mass is 340 g/mol. The lowest BCUT2D eigenvalue weighted by Crippen LogP contribution is -2.38. The first kappa shape index (κ1) is 18.3. The minimum absolute atomic E-state index is 0.246. The van der Waals surface area contributed by atoms with Gasteiger partial charge in [0.25, 0.3) is 0 Å². The number of benzene rings is 2. The summed E-state index contributed by atoms with van der Waals surface area (Å²) in [5.74, 6) is 1.07. The molecule has 0 spiro atoms. The normalized spacial score (nSPS) is 10.9. The van der Waals surface area contributed by atoms with E-state index in [2.05, 4.69) is 15.6 Å². The van der Waals surface area contributed by atoms with Crippen molar-refractivity contribution in [3.63, 3.8) is 0 Å². The molecule has 0 radical (unpaired) electrons. The third-order valence-electron chi connectivity index (χ3n) is 3.72. The van der Waals surface area contributed by atoms with Crippen molar-refractivity contribution in [3.8, 4) is 11.8 Å². The van der Waals surface area contributed by atoms with Crippen LogP contribution in [0.2, 0.25) is 0 Å². The number of hydrogen-bond donors (Lipinski definition) is 2. The Labute approximate surface area is 147 Å². The van der Waals surface area contributed by atoms with Crippen LogP contribution in [0.3, 0.4) is 0 Å². The fourth-order valence-corrected chi connectivity index (χ4v) is 2.40. The van der Waals surface area contributed by atoms with Crippen LogP contribution >= 0.6 is 0 Å². The predicted molar refractivity (Wildman–Crippen MR) is 96.0 cm³/mol. The Morgan fingerprint density at radius 3 is 2.72 bits per heavy atom. The van der Waals surface area contributed by atoms with Gasteiger partial charge in [0.05, 0.1) is 18.7 Å². The van der Waals surface area contributed by atoms with Gasteiger partial charge in [-0.2, -0.15) is 5.26 Å². The van der Waals surface area contributed by atoms with Crippen molar-refractivity contribution in [2.45, 2.75) is 13.0 Å². The Bertz CT molecular complexity index is 783. The molecule has 0 amide bonds. The molecule has 0 unspecified atom stereocenters. The summed E-state index contributed by atoms with van der Waals surface area (Å²) in [6.07, 6.45) is 0.767. The number of methoxy groups -OCH3 is 1. The number of halogens is 1. The summed E-state index contributed by atoms with van der Waals surface area (Å²) in [5, 5.41) is 15.1. The van der Waals surface area contributed by atoms with Crippen molar-refractivity contribution in [1.29, 1.82) is 5.26 Å². The summed E-state index contributed by atoms with van der Waals surface area (Å²) in [6.45, 7) is 0.899. The van der Waals surface area contributed by atoms with Gasteiger partial charge in [0.1, 0.15) is 11.6 Å². The summed E-state index contributed by atoms with van der Waals surface area (Å²) in [7, 11) is 3.30. The summed E-state index contributed by atoms with van der Waals surface area (Å²) < 4.78 is 19.1. The smallest absolute Gasteiger partial charge is 0.191 e. The molecule has 0 aliphatic rings. The lowest BCUT2D eigenvalue weighted by Gasteiger charge is -2.13. The SMILES string of the molecule is CN=C(NCCc1ccccc1OC)NCc1cc(C#N)ccc1F. The lowest BCUT2D eigenvalue weighted by molar-refractivity contribution is 0.409. The van der Waals surface area contributed by atoms with E-state index in [1.165, 1.54) is 18.2 Å². The zero-order valence-corrected chi connectivity index (χ0v) is 14.3. The van der Waals surface area contributed by atoms with E-state index in [1.54, 1.807) is 14.2 Å². The Kier molecular flexibility index (Phi) is 6.78. The van der Waals surface area contributed by atoms with Gasteiger partial charge in [-0.3, -0.25) is 4.99 Å². The lowest BCUT2D eigenvalue weighted by atomic mass is 10.1. The Hall–Kier alpha value is -3.07. The van der Waals surface area contributed by atoms with Crippen LogP contribution in [0.25, 0.3) is 0 Å². The highest BCUT2D eigenvalue weighted by Crippen LogP contribution is 2.17. The van der Waals surface area contributed by atoms with E-state index >= 15 is 0 Å². The number of aliphatic imine (C=N–C) groups is 1. The molecule has 0 saturated carbocycles. The summed E-state index contributed by atoms with van der Waals surface area (Å²) >= 11 is 0. The number of nitrogens with zero attached hydrogens (tertiary/aromatic N) is 2. The van der Waals surface area contributed by atoms with Crippen LogP contribution in [-0.2, 0) is 13.0 Å². The highest BCUT2D eigenvalue weighted by Gasteiger charge is 2.06. The molecule has 6 heteroatoms. The van der Waals surface area contributed by atoms with E-state index in [0.29, 0.717) is 23.6 Å². The Balaban J connectivity index is 1.88. The molecule has 2 aromatic rings. The standard InChI is InChI=1S/C19H21FN4O/c1-22-19(23-10-9-15-5-3-4-6-18(15)25-2)24-13-16-11-14(12-21)7-8-17(16)20/h3-8,11H,9-10,13H2,1-2H3,(H2,22,23,24). The largest absolute Gasteiger partial charge is 0.496 e. The Morgan fingerprint density at radius 1 is 1.20 bits per heavy atom. The fraction of sp³-hybridized carbons (Fsp3) is 0.263. The summed E-state index contributed by atoms with van der Waals surface area (Å²) in [4.78, 5) is 4.12. The molecule has 0 aromatic heterocycles. The molecule has 0 bridgehead atoms. The van der Waals surface area contributed by atoms with Crippen molar-refractivity contribution < 1.29 is 9.13 Å². The van der Waals surface area contributed by atoms with Crippen molar-refractivity contribution >= 4 is 5.96 Å². The molecule has 2 rings (SSSR count). The van der Waals surface area contributed by atoms with E-state index < -0.39 is 0 Å². The molecule has 5 nitrogen and oxygen atoms in total. The average Bonchev–Trinajstić information content (AvgIpc) is 2.66. The number of ether oxygens (including phenoxy) is 1. The zero-order chi connectivity index (χ0) is 18.1. The first-order valence-corrected chi connectivity index (χ1v) is 7.93. The van der Waals surface area contributed by atoms with Crippen LogP contribution in [0.15, 0.2) is 47.5 Å². The maximum Gasteiger partial charge on any atom is 0.191 e. The number of hydrogen-bond acceptors (Lipinski definition) is 3. The number of guanidine groups is 1. The second kappa shape index (κ2) is 9.28. The van der Waals surface area contributed by atoms with Gasteiger partial charge in [0, 0.05) is 25.7 Å². The summed E-state index contributed by atoms with van der Waals surface area (Å²) in [6, 6.07) is 14.1. The van der Waals surface area contributed by atoms with Gasteiger partial charge in [-0.05, 0) is 36.2 Å². The van der Waals surface area contributed by atoms with Gasteiger partial charge < -0.3 is 15.4 Å². The van der Waals surface area contributed by atoms with Crippen LogP contribution in [0.5, 0.6) is 5.75 Å². The molecule has 0 aliphatic heterocycles. The van der Waals surface area contributed by atoms with Gasteiger partial charge in [0.2, 0.25) is 0 Å². The van der Waals surface area contributed by atoms with Crippen LogP contribution in [0.1, 0.15) is 16.7 Å². The molecule has 2 N–H and O–H groups in total. The van der Waals surface area contributed by atoms with Crippen LogP contribution < -0.4 is 15.4 Å². The van der Waals surface area contributed by atoms with Crippen LogP contribution in [0, 0.1) is 17.1 Å². The molecule has 0 atom stereocenters. The molecule has 0 heterocycles. The van der Waals surface area contributed by atoms with Crippen molar-refractivity contribution in [1.82, 2.24) is 10.6 Å². The van der Waals surface area contributed by atoms with Crippen LogP contribution in [-0.4, -0.2) is 26.7 Å². The van der Waals surface area contributed by atoms with E-state index in [4.69, 9.17) is 10.00 Å². The van der Waals surface area contributed by atoms with Crippen molar-refractivity contribution in [3.05, 3.63) is 65.0 Å². The molecular weight excluding hydrogens is 319 g/mol. The minimum Gasteiger partial charge on any atom is -0.496 e. The second-order valence-electron chi connectivity index (χ2n) is 5.33. The van der Waals surface area contributed by atoms with Crippen molar-refractivity contribution in [2.24, 2.45) is 4.99 Å². The van der Waals surface area contributed by atoms with Crippen molar-refractivity contribution in [2.75, 3.05) is 20.7 Å². The molecule has 2 aromatic carbocycles. The zero-order valence-electron chi connectivity index (χ0n) is 14.3. The molecule has 0 fully saturated rings. The first-order valence-electron chi connectivity index (χ1n) is 7.93. The molecule has 130 valence electrons. The minimum atomic E-state index is -0.351. The third-order valence-corrected chi connectivity index (χ3v) is 3.72. The quantitative estimate of drug-likeness (QED) is 0.626. The highest BCUT2D eigenvalue weighted by molar-refractivity contribution is 5.79. The maximum absolute atomic E-state index is 13.8. The van der Waals surface area contributed by atoms with E-state index in [0.717, 1.165) is 17.7 Å². The molecular formula is C19H21FN4O. The van der Waals surface area contributed by atoms with Gasteiger partial charge >= 0.3 is 0 Å². The molecule has 0 aliphatic carbocycles. The number of nitrogens with one attached hydrogen (secondary N) is 2. The Morgan fingerprint density at radius 2 is 2.00 bits per heavy atom. The number of para-hydroxylation sites is 1. The van der Waals surface area contributed by atoms with E-state index in [9.17, 15) is 4.39 Å². The van der Waals surface area contributed by atoms with E-state index in [-0.39, 0.29) is 12.4 Å². The van der Waals surface area contributed by atoms with Gasteiger partial charge in [-0.25, -0.2) is 4.39 Å². The third kappa shape index (κ3) is 5.21.